The number of hydrogen-bond acceptors (Lipinski definition) is 4. The largest absolute Gasteiger partial charge is 0.326 e. The van der Waals surface area contributed by atoms with Crippen LogP contribution in [0, 0.1) is 5.92 Å². The van der Waals surface area contributed by atoms with Crippen LogP contribution in [0.4, 0.5) is 0 Å². The molecule has 8 heteroatoms. The van der Waals surface area contributed by atoms with E-state index in [1.165, 1.54) is 10.4 Å². The van der Waals surface area contributed by atoms with Crippen molar-refractivity contribution in [2.45, 2.75) is 23.6 Å². The van der Waals surface area contributed by atoms with Gasteiger partial charge in [0.05, 0.1) is 8.81 Å². The first-order chi connectivity index (χ1) is 8.30. The van der Waals surface area contributed by atoms with Crippen molar-refractivity contribution >= 4 is 48.9 Å². The van der Waals surface area contributed by atoms with Crippen LogP contribution in [0.1, 0.15) is 13.3 Å². The molecule has 1 saturated heterocycles. The van der Waals surface area contributed by atoms with Gasteiger partial charge in [-0.1, -0.05) is 18.5 Å². The number of hydrogen-bond donors (Lipinski definition) is 1. The van der Waals surface area contributed by atoms with Gasteiger partial charge in [-0.25, -0.2) is 8.42 Å². The zero-order chi connectivity index (χ0) is 13.5. The summed E-state index contributed by atoms with van der Waals surface area (Å²) in [5.74, 6) is 0.280. The van der Waals surface area contributed by atoms with Crippen molar-refractivity contribution in [1.82, 2.24) is 4.31 Å². The van der Waals surface area contributed by atoms with Crippen LogP contribution in [0.25, 0.3) is 0 Å². The Morgan fingerprint density at radius 3 is 2.72 bits per heavy atom. The van der Waals surface area contributed by atoms with E-state index in [4.69, 9.17) is 17.3 Å². The Morgan fingerprint density at radius 1 is 1.56 bits per heavy atom. The van der Waals surface area contributed by atoms with Crippen molar-refractivity contribution < 1.29 is 8.42 Å². The van der Waals surface area contributed by atoms with E-state index in [2.05, 4.69) is 15.9 Å². The van der Waals surface area contributed by atoms with Crippen LogP contribution in [0.5, 0.6) is 0 Å². The lowest BCUT2D eigenvalue weighted by atomic mass is 9.99. The molecule has 2 atom stereocenters. The molecule has 4 nitrogen and oxygen atoms in total. The third kappa shape index (κ3) is 2.91. The van der Waals surface area contributed by atoms with Crippen LogP contribution in [0.3, 0.4) is 0 Å². The SMILES string of the molecule is CC1CC(N)CN(S(=O)(=O)c2cc(Cl)c(Br)s2)C1. The van der Waals surface area contributed by atoms with Crippen molar-refractivity contribution in [3.8, 4) is 0 Å². The van der Waals surface area contributed by atoms with Crippen LogP contribution in [0.2, 0.25) is 5.02 Å². The van der Waals surface area contributed by atoms with Crippen LogP contribution in [0.15, 0.2) is 14.1 Å². The van der Waals surface area contributed by atoms with Gasteiger partial charge in [-0.05, 0) is 34.3 Å². The second-order valence-electron chi connectivity index (χ2n) is 4.61. The molecule has 0 amide bonds. The lowest BCUT2D eigenvalue weighted by Gasteiger charge is -2.33. The molecule has 2 heterocycles. The fourth-order valence-electron chi connectivity index (χ4n) is 2.13. The topological polar surface area (TPSA) is 63.4 Å². The molecule has 102 valence electrons. The lowest BCUT2D eigenvalue weighted by molar-refractivity contribution is 0.255. The van der Waals surface area contributed by atoms with Crippen LogP contribution in [-0.4, -0.2) is 31.9 Å². The number of piperidine rings is 1. The number of halogens is 2. The first-order valence-corrected chi connectivity index (χ1v) is 8.94. The summed E-state index contributed by atoms with van der Waals surface area (Å²) in [4.78, 5) is 0. The molecule has 1 aliphatic heterocycles. The number of rotatable bonds is 2. The smallest absolute Gasteiger partial charge is 0.252 e. The summed E-state index contributed by atoms with van der Waals surface area (Å²) in [7, 11) is -3.47. The molecule has 1 aromatic rings. The highest BCUT2D eigenvalue weighted by Crippen LogP contribution is 2.36. The van der Waals surface area contributed by atoms with E-state index < -0.39 is 10.0 Å². The molecule has 0 bridgehead atoms. The van der Waals surface area contributed by atoms with E-state index in [1.807, 2.05) is 6.92 Å². The monoisotopic (exact) mass is 372 g/mol. The lowest BCUT2D eigenvalue weighted by Crippen LogP contribution is -2.48. The Balaban J connectivity index is 2.30. The standard InChI is InChI=1S/C10H14BrClN2O2S2/c1-6-2-7(13)5-14(4-6)18(15,16)9-3-8(12)10(11)17-9/h3,6-7H,2,4-5,13H2,1H3. The van der Waals surface area contributed by atoms with Gasteiger partial charge in [0, 0.05) is 19.1 Å². The second kappa shape index (κ2) is 5.38. The first kappa shape index (κ1) is 14.7. The van der Waals surface area contributed by atoms with Gasteiger partial charge in [0.25, 0.3) is 10.0 Å². The van der Waals surface area contributed by atoms with Gasteiger partial charge in [0.15, 0.2) is 0 Å². The minimum Gasteiger partial charge on any atom is -0.326 e. The summed E-state index contributed by atoms with van der Waals surface area (Å²) in [5.41, 5.74) is 5.89. The number of sulfonamides is 1. The summed E-state index contributed by atoms with van der Waals surface area (Å²) < 4.78 is 27.2. The summed E-state index contributed by atoms with van der Waals surface area (Å²) in [6.45, 7) is 2.90. The molecule has 18 heavy (non-hydrogen) atoms. The zero-order valence-corrected chi connectivity index (χ0v) is 13.7. The number of nitrogens with two attached hydrogens (primary N) is 1. The molecule has 0 aliphatic carbocycles. The number of nitrogens with zero attached hydrogens (tertiary/aromatic N) is 1. The molecule has 0 radical (unpaired) electrons. The van der Waals surface area contributed by atoms with Crippen LogP contribution < -0.4 is 5.73 Å². The molecule has 0 spiro atoms. The van der Waals surface area contributed by atoms with E-state index in [0.29, 0.717) is 21.9 Å². The molecule has 1 fully saturated rings. The van der Waals surface area contributed by atoms with Crippen LogP contribution in [-0.2, 0) is 10.0 Å². The minimum atomic E-state index is -3.47. The highest BCUT2D eigenvalue weighted by Gasteiger charge is 2.33. The quantitative estimate of drug-likeness (QED) is 0.866. The van der Waals surface area contributed by atoms with E-state index in [1.54, 1.807) is 0 Å². The van der Waals surface area contributed by atoms with Crippen molar-refractivity contribution in [2.75, 3.05) is 13.1 Å². The summed E-state index contributed by atoms with van der Waals surface area (Å²) in [6, 6.07) is 1.39. The van der Waals surface area contributed by atoms with Gasteiger partial charge >= 0.3 is 0 Å². The van der Waals surface area contributed by atoms with Crippen molar-refractivity contribution in [3.05, 3.63) is 14.9 Å². The summed E-state index contributed by atoms with van der Waals surface area (Å²) >= 11 is 10.3. The minimum absolute atomic E-state index is 0.0950. The van der Waals surface area contributed by atoms with Gasteiger partial charge in [-0.3, -0.25) is 0 Å². The van der Waals surface area contributed by atoms with E-state index in [0.717, 1.165) is 17.8 Å². The summed E-state index contributed by atoms with van der Waals surface area (Å²) in [6.07, 6.45) is 0.862. The molecule has 2 N–H and O–H groups in total. The summed E-state index contributed by atoms with van der Waals surface area (Å²) in [5, 5.41) is 0.424. The molecular formula is C10H14BrClN2O2S2. The Hall–Kier alpha value is 0.340. The predicted molar refractivity (Wildman–Crippen MR) is 77.5 cm³/mol. The molecule has 1 aromatic heterocycles. The number of thiophene rings is 1. The predicted octanol–water partition coefficient (Wildman–Crippen LogP) is 2.52. The first-order valence-electron chi connectivity index (χ1n) is 5.51. The van der Waals surface area contributed by atoms with E-state index >= 15 is 0 Å². The van der Waals surface area contributed by atoms with Crippen LogP contribution >= 0.6 is 38.9 Å². The zero-order valence-electron chi connectivity index (χ0n) is 9.77. The van der Waals surface area contributed by atoms with Gasteiger partial charge in [-0.15, -0.1) is 11.3 Å². The fraction of sp³-hybridized carbons (Fsp3) is 0.600. The van der Waals surface area contributed by atoms with Crippen molar-refractivity contribution in [2.24, 2.45) is 11.7 Å². The Morgan fingerprint density at radius 2 is 2.22 bits per heavy atom. The molecular weight excluding hydrogens is 360 g/mol. The molecule has 2 rings (SSSR count). The fourth-order valence-corrected chi connectivity index (χ4v) is 6.30. The molecule has 0 aromatic carbocycles. The average Bonchev–Trinajstić information content (AvgIpc) is 2.58. The Bertz CT molecular complexity index is 517. The van der Waals surface area contributed by atoms with E-state index in [-0.39, 0.29) is 16.2 Å². The van der Waals surface area contributed by atoms with Crippen molar-refractivity contribution in [1.29, 1.82) is 0 Å². The third-order valence-corrected chi connectivity index (χ3v) is 7.63. The maximum absolute atomic E-state index is 12.4. The van der Waals surface area contributed by atoms with E-state index in [9.17, 15) is 8.42 Å². The third-order valence-electron chi connectivity index (χ3n) is 2.88. The van der Waals surface area contributed by atoms with Gasteiger partial charge in [-0.2, -0.15) is 4.31 Å². The maximum atomic E-state index is 12.4. The average molecular weight is 374 g/mol. The van der Waals surface area contributed by atoms with Gasteiger partial charge in [0.1, 0.15) is 4.21 Å². The molecule has 2 unspecified atom stereocenters. The normalized spacial score (nSPS) is 26.4. The maximum Gasteiger partial charge on any atom is 0.252 e. The molecule has 1 aliphatic rings. The second-order valence-corrected chi connectivity index (χ2v) is 9.55. The van der Waals surface area contributed by atoms with Gasteiger partial charge in [0.2, 0.25) is 0 Å². The Labute approximate surface area is 124 Å². The highest BCUT2D eigenvalue weighted by atomic mass is 79.9. The molecule has 0 saturated carbocycles. The van der Waals surface area contributed by atoms with Gasteiger partial charge < -0.3 is 5.73 Å². The van der Waals surface area contributed by atoms with Crippen molar-refractivity contribution in [3.63, 3.8) is 0 Å². The Kier molecular flexibility index (Phi) is 4.40. The highest BCUT2D eigenvalue weighted by molar-refractivity contribution is 9.11.